The molecule has 0 unspecified atom stereocenters. The van der Waals surface area contributed by atoms with E-state index < -0.39 is 18.0 Å². The summed E-state index contributed by atoms with van der Waals surface area (Å²) in [6.07, 6.45) is 9.23. The van der Waals surface area contributed by atoms with Crippen LogP contribution in [0.25, 0.3) is 23.3 Å². The molecule has 2 N–H and O–H groups in total. The highest BCUT2D eigenvalue weighted by atomic mass is 32.2. The molecule has 36 heavy (non-hydrogen) atoms. The molecule has 8 heteroatoms. The van der Waals surface area contributed by atoms with Gasteiger partial charge in [-0.05, 0) is 64.4 Å². The summed E-state index contributed by atoms with van der Waals surface area (Å²) in [6.45, 7) is 0. The van der Waals surface area contributed by atoms with Gasteiger partial charge in [0.1, 0.15) is 6.04 Å². The van der Waals surface area contributed by atoms with Crippen LogP contribution in [-0.2, 0) is 20.7 Å². The van der Waals surface area contributed by atoms with Crippen LogP contribution in [0.3, 0.4) is 0 Å². The summed E-state index contributed by atoms with van der Waals surface area (Å²) in [5.41, 5.74) is 4.26. The second kappa shape index (κ2) is 13.3. The first-order valence-corrected chi connectivity index (χ1v) is 12.7. The van der Waals surface area contributed by atoms with Gasteiger partial charge in [0.15, 0.2) is 0 Å². The molecular formula is C28H28N2O5S. The van der Waals surface area contributed by atoms with E-state index in [0.29, 0.717) is 23.3 Å². The van der Waals surface area contributed by atoms with Gasteiger partial charge in [0.2, 0.25) is 0 Å². The molecule has 0 fully saturated rings. The van der Waals surface area contributed by atoms with Crippen LogP contribution in [0.4, 0.5) is 0 Å². The second-order valence-corrected chi connectivity index (χ2v) is 9.02. The highest BCUT2D eigenvalue weighted by molar-refractivity contribution is 7.98. The maximum atomic E-state index is 13.2. The van der Waals surface area contributed by atoms with Crippen molar-refractivity contribution in [2.45, 2.75) is 18.9 Å². The van der Waals surface area contributed by atoms with Crippen LogP contribution >= 0.6 is 11.8 Å². The van der Waals surface area contributed by atoms with Crippen molar-refractivity contribution >= 4 is 41.8 Å². The molecule has 0 aliphatic carbocycles. The van der Waals surface area contributed by atoms with E-state index in [1.165, 1.54) is 13.3 Å². The number of aromatic nitrogens is 1. The van der Waals surface area contributed by atoms with Gasteiger partial charge in [0, 0.05) is 18.0 Å². The molecule has 0 aliphatic rings. The third-order valence-corrected chi connectivity index (χ3v) is 6.06. The van der Waals surface area contributed by atoms with Gasteiger partial charge in [-0.25, -0.2) is 4.79 Å². The van der Waals surface area contributed by atoms with Crippen molar-refractivity contribution < 1.29 is 24.2 Å². The van der Waals surface area contributed by atoms with Crippen molar-refractivity contribution in [1.82, 2.24) is 10.3 Å². The molecule has 1 atom stereocenters. The number of nitrogens with zero attached hydrogens (tertiary/aromatic N) is 1. The molecule has 186 valence electrons. The fourth-order valence-corrected chi connectivity index (χ4v) is 4.12. The lowest BCUT2D eigenvalue weighted by Gasteiger charge is -2.18. The van der Waals surface area contributed by atoms with Crippen LogP contribution in [0.2, 0.25) is 0 Å². The molecule has 0 radical (unpaired) electrons. The fourth-order valence-electron chi connectivity index (χ4n) is 3.65. The Kier molecular flexibility index (Phi) is 9.82. The lowest BCUT2D eigenvalue weighted by atomic mass is 9.96. The minimum absolute atomic E-state index is 0.0971. The van der Waals surface area contributed by atoms with Crippen molar-refractivity contribution in [3.63, 3.8) is 0 Å². The van der Waals surface area contributed by atoms with Crippen LogP contribution in [0, 0.1) is 0 Å². The number of carboxylic acid groups (broad SMARTS) is 1. The van der Waals surface area contributed by atoms with Gasteiger partial charge in [-0.1, -0.05) is 48.6 Å². The predicted octanol–water partition coefficient (Wildman–Crippen LogP) is 4.57. The Labute approximate surface area is 214 Å². The quantitative estimate of drug-likeness (QED) is 0.369. The number of hydrogen-bond acceptors (Lipinski definition) is 6. The number of carbonyl (C=O) groups is 3. The van der Waals surface area contributed by atoms with E-state index in [9.17, 15) is 14.4 Å². The Balaban J connectivity index is 1.92. The summed E-state index contributed by atoms with van der Waals surface area (Å²) in [5.74, 6) is -1.04. The monoisotopic (exact) mass is 504 g/mol. The molecule has 1 amide bonds. The maximum Gasteiger partial charge on any atom is 0.328 e. The van der Waals surface area contributed by atoms with Gasteiger partial charge in [0.05, 0.1) is 13.5 Å². The molecule has 0 saturated carbocycles. The number of thioether (sulfide) groups is 1. The number of nitrogens with one attached hydrogen (secondary N) is 1. The zero-order chi connectivity index (χ0) is 25.9. The summed E-state index contributed by atoms with van der Waals surface area (Å²) < 4.78 is 4.87. The van der Waals surface area contributed by atoms with Gasteiger partial charge in [-0.3, -0.25) is 14.6 Å². The number of esters is 1. The number of aliphatic carboxylic acids is 1. The average Bonchev–Trinajstić information content (AvgIpc) is 2.89. The minimum atomic E-state index is -0.915. The largest absolute Gasteiger partial charge is 0.481 e. The summed E-state index contributed by atoms with van der Waals surface area (Å²) in [6, 6.07) is 16.0. The molecule has 0 spiro atoms. The third kappa shape index (κ3) is 7.55. The molecule has 1 aromatic heterocycles. The lowest BCUT2D eigenvalue weighted by Crippen LogP contribution is -2.42. The first-order chi connectivity index (χ1) is 17.4. The zero-order valence-corrected chi connectivity index (χ0v) is 21.0. The van der Waals surface area contributed by atoms with E-state index in [1.54, 1.807) is 30.1 Å². The highest BCUT2D eigenvalue weighted by Gasteiger charge is 2.23. The summed E-state index contributed by atoms with van der Waals surface area (Å²) >= 11 is 1.59. The van der Waals surface area contributed by atoms with Gasteiger partial charge >= 0.3 is 11.9 Å². The van der Waals surface area contributed by atoms with Crippen molar-refractivity contribution in [3.8, 4) is 11.1 Å². The number of pyridine rings is 1. The molecule has 0 aliphatic heterocycles. The van der Waals surface area contributed by atoms with Crippen molar-refractivity contribution in [2.75, 3.05) is 19.1 Å². The smallest absolute Gasteiger partial charge is 0.328 e. The number of carbonyl (C=O) groups excluding carboxylic acids is 2. The standard InChI is InChI=1S/C28H28N2O5S/c1-35-28(34)25(12-13-36-2)30-27(33)23-11-10-19(15-24(23)22-6-4-3-5-7-22)8-9-20-14-21(16-26(31)32)18-29-17-20/h3-11,14-15,17-18,25H,12-13,16H2,1-2H3,(H,30,33)(H,31,32)/t25-/m0/s1. The third-order valence-electron chi connectivity index (χ3n) is 5.41. The predicted molar refractivity (Wildman–Crippen MR) is 143 cm³/mol. The Bertz CT molecular complexity index is 1240. The molecular weight excluding hydrogens is 476 g/mol. The Hall–Kier alpha value is -3.91. The molecule has 3 aromatic rings. The van der Waals surface area contributed by atoms with E-state index in [-0.39, 0.29) is 12.3 Å². The molecule has 0 saturated heterocycles. The van der Waals surface area contributed by atoms with E-state index >= 15 is 0 Å². The molecule has 3 rings (SSSR count). The van der Waals surface area contributed by atoms with Crippen molar-refractivity contribution in [3.05, 3.63) is 89.2 Å². The van der Waals surface area contributed by atoms with Gasteiger partial charge in [0.25, 0.3) is 5.91 Å². The number of benzene rings is 2. The van der Waals surface area contributed by atoms with Crippen LogP contribution in [0.5, 0.6) is 0 Å². The Morgan fingerprint density at radius 1 is 1.06 bits per heavy atom. The first kappa shape index (κ1) is 26.7. The van der Waals surface area contributed by atoms with E-state index in [0.717, 1.165) is 22.3 Å². The first-order valence-electron chi connectivity index (χ1n) is 11.3. The van der Waals surface area contributed by atoms with E-state index in [1.807, 2.05) is 60.9 Å². The van der Waals surface area contributed by atoms with Gasteiger partial charge < -0.3 is 15.2 Å². The number of methoxy groups -OCH3 is 1. The topological polar surface area (TPSA) is 106 Å². The normalized spacial score (nSPS) is 11.7. The SMILES string of the molecule is COC(=O)[C@H](CCSC)NC(=O)c1ccc(C=Cc2cncc(CC(=O)O)c2)cc1-c1ccccc1. The Morgan fingerprint density at radius 3 is 2.50 bits per heavy atom. The summed E-state index contributed by atoms with van der Waals surface area (Å²) in [7, 11) is 1.31. The van der Waals surface area contributed by atoms with Gasteiger partial charge in [-0.15, -0.1) is 0 Å². The van der Waals surface area contributed by atoms with E-state index in [4.69, 9.17) is 9.84 Å². The number of amides is 1. The molecule has 7 nitrogen and oxygen atoms in total. The fraction of sp³-hybridized carbons (Fsp3) is 0.214. The van der Waals surface area contributed by atoms with Crippen LogP contribution in [-0.4, -0.2) is 53.1 Å². The number of ether oxygens (including phenoxy) is 1. The number of rotatable bonds is 11. The maximum absolute atomic E-state index is 13.2. The van der Waals surface area contributed by atoms with E-state index in [2.05, 4.69) is 10.3 Å². The van der Waals surface area contributed by atoms with Crippen molar-refractivity contribution in [1.29, 1.82) is 0 Å². The van der Waals surface area contributed by atoms with Crippen LogP contribution < -0.4 is 5.32 Å². The summed E-state index contributed by atoms with van der Waals surface area (Å²) in [5, 5.41) is 11.8. The lowest BCUT2D eigenvalue weighted by molar-refractivity contribution is -0.143. The minimum Gasteiger partial charge on any atom is -0.481 e. The molecule has 2 aromatic carbocycles. The zero-order valence-electron chi connectivity index (χ0n) is 20.1. The highest BCUT2D eigenvalue weighted by Crippen LogP contribution is 2.26. The second-order valence-electron chi connectivity index (χ2n) is 8.03. The molecule has 1 heterocycles. The number of hydrogen-bond donors (Lipinski definition) is 2. The molecule has 0 bridgehead atoms. The number of carboxylic acids is 1. The van der Waals surface area contributed by atoms with Crippen LogP contribution in [0.15, 0.2) is 67.0 Å². The Morgan fingerprint density at radius 2 is 1.81 bits per heavy atom. The average molecular weight is 505 g/mol. The van der Waals surface area contributed by atoms with Crippen LogP contribution in [0.1, 0.15) is 33.5 Å². The summed E-state index contributed by atoms with van der Waals surface area (Å²) in [4.78, 5) is 40.6. The van der Waals surface area contributed by atoms with Gasteiger partial charge in [-0.2, -0.15) is 11.8 Å². The van der Waals surface area contributed by atoms with Crippen molar-refractivity contribution in [2.24, 2.45) is 0 Å².